The number of carbonyl (C=O) groups is 2. The van der Waals surface area contributed by atoms with Gasteiger partial charge in [-0.25, -0.2) is 23.2 Å². The Morgan fingerprint density at radius 2 is 1.74 bits per heavy atom. The van der Waals surface area contributed by atoms with Gasteiger partial charge in [0.1, 0.15) is 18.1 Å². The molecule has 1 N–H and O–H groups in total. The molecule has 1 atom stereocenters. The quantitative estimate of drug-likeness (QED) is 0.136. The maximum Gasteiger partial charge on any atom is 0.410 e. The highest BCUT2D eigenvalue weighted by Crippen LogP contribution is 2.35. The molecule has 17 heteroatoms. The Morgan fingerprint density at radius 1 is 0.965 bits per heavy atom. The number of benzene rings is 2. The fourth-order valence-electron chi connectivity index (χ4n) is 6.35. The van der Waals surface area contributed by atoms with Gasteiger partial charge >= 0.3 is 6.09 Å². The van der Waals surface area contributed by atoms with Crippen LogP contribution in [0.3, 0.4) is 0 Å². The Bertz CT molecular complexity index is 2250. The zero-order valence-electron chi connectivity index (χ0n) is 31.7. The second kappa shape index (κ2) is 18.1. The molecular formula is C40H44N8O7S2. The highest BCUT2D eigenvalue weighted by Gasteiger charge is 2.40. The van der Waals surface area contributed by atoms with Gasteiger partial charge in [-0.1, -0.05) is 42.5 Å². The van der Waals surface area contributed by atoms with E-state index in [4.69, 9.17) is 14.2 Å². The summed E-state index contributed by atoms with van der Waals surface area (Å²) >= 11 is 1.17. The molecule has 0 bridgehead atoms. The van der Waals surface area contributed by atoms with Crippen LogP contribution < -0.4 is 19.1 Å². The highest BCUT2D eigenvalue weighted by molar-refractivity contribution is 7.93. The average Bonchev–Trinajstić information content (AvgIpc) is 4.00. The third-order valence-electron chi connectivity index (χ3n) is 9.59. The van der Waals surface area contributed by atoms with Crippen molar-refractivity contribution in [2.45, 2.75) is 44.2 Å². The number of nitrogens with zero attached hydrogens (tertiary/aromatic N) is 7. The summed E-state index contributed by atoms with van der Waals surface area (Å²) in [5, 5.41) is 2.87. The van der Waals surface area contributed by atoms with Crippen molar-refractivity contribution in [2.75, 3.05) is 50.7 Å². The molecule has 298 valence electrons. The molecule has 1 unspecified atom stereocenters. The van der Waals surface area contributed by atoms with Gasteiger partial charge in [0.15, 0.2) is 5.01 Å². The zero-order chi connectivity index (χ0) is 39.8. The molecule has 57 heavy (non-hydrogen) atoms. The maximum atomic E-state index is 13.9. The third-order valence-corrected chi connectivity index (χ3v) is 12.9. The standard InChI is InChI=1S/C40H44N8O7S2/c1-3-54-37-24-41-22-34(44-37)36-23-43-39(56-36)38(49)45-35(26-46-17-19-47(20-18-46)40(50)55-27-29-7-5-4-6-8-29)33-21-30(15-16-42-33)48(57(51,52)32-13-14-32)25-28-9-11-31(53-2)12-10-28/h4-12,15-16,21-24,32,35H,3,13-14,17-20,25-27H2,1-2H3,(H,45,49). The summed E-state index contributed by atoms with van der Waals surface area (Å²) in [7, 11) is -2.12. The predicted molar refractivity (Wildman–Crippen MR) is 215 cm³/mol. The number of hydrogen-bond donors (Lipinski definition) is 1. The van der Waals surface area contributed by atoms with E-state index in [0.717, 1.165) is 11.1 Å². The van der Waals surface area contributed by atoms with Crippen molar-refractivity contribution in [1.82, 2.24) is 35.1 Å². The first-order valence-electron chi connectivity index (χ1n) is 18.7. The van der Waals surface area contributed by atoms with Crippen molar-refractivity contribution in [1.29, 1.82) is 0 Å². The second-order valence-electron chi connectivity index (χ2n) is 13.6. The SMILES string of the molecule is CCOc1cncc(-c2cnc(C(=O)NC(CN3CCN(C(=O)OCc4ccccc4)CC3)c3cc(N(Cc4ccc(OC)cc4)S(=O)(=O)C4CC4)ccn3)s2)n1. The number of amides is 2. The summed E-state index contributed by atoms with van der Waals surface area (Å²) in [6.07, 6.45) is 7.06. The molecular weight excluding hydrogens is 769 g/mol. The number of piperazine rings is 1. The number of thiazole rings is 1. The van der Waals surface area contributed by atoms with Crippen LogP contribution in [-0.2, 0) is 27.9 Å². The number of rotatable bonds is 16. The van der Waals surface area contributed by atoms with Crippen LogP contribution in [0.1, 0.15) is 52.4 Å². The zero-order valence-corrected chi connectivity index (χ0v) is 33.3. The lowest BCUT2D eigenvalue weighted by Gasteiger charge is -2.36. The Morgan fingerprint density at radius 3 is 2.46 bits per heavy atom. The molecule has 15 nitrogen and oxygen atoms in total. The first-order valence-corrected chi connectivity index (χ1v) is 21.0. The van der Waals surface area contributed by atoms with E-state index in [0.29, 0.717) is 85.8 Å². The van der Waals surface area contributed by atoms with Gasteiger partial charge in [-0.2, -0.15) is 0 Å². The van der Waals surface area contributed by atoms with Gasteiger partial charge in [0.2, 0.25) is 15.9 Å². The molecule has 1 aliphatic carbocycles. The molecule has 2 fully saturated rings. The summed E-state index contributed by atoms with van der Waals surface area (Å²) < 4.78 is 45.6. The van der Waals surface area contributed by atoms with Crippen LogP contribution >= 0.6 is 11.3 Å². The van der Waals surface area contributed by atoms with E-state index in [9.17, 15) is 18.0 Å². The van der Waals surface area contributed by atoms with Crippen molar-refractivity contribution < 1.29 is 32.2 Å². The van der Waals surface area contributed by atoms with E-state index in [1.807, 2.05) is 49.4 Å². The van der Waals surface area contributed by atoms with Crippen LogP contribution in [0, 0.1) is 0 Å². The number of methoxy groups -OCH3 is 1. The van der Waals surface area contributed by atoms with Crippen molar-refractivity contribution in [3.05, 3.63) is 113 Å². The normalized spacial score (nSPS) is 15.1. The number of ether oxygens (including phenoxy) is 3. The van der Waals surface area contributed by atoms with Gasteiger partial charge in [0.05, 0.1) is 60.2 Å². The topological polar surface area (TPSA) is 169 Å². The number of sulfonamides is 1. The molecule has 4 heterocycles. The number of aromatic nitrogens is 4. The molecule has 7 rings (SSSR count). The molecule has 1 saturated carbocycles. The van der Waals surface area contributed by atoms with Gasteiger partial charge in [-0.05, 0) is 55.2 Å². The van der Waals surface area contributed by atoms with E-state index < -0.39 is 27.2 Å². The number of anilines is 1. The van der Waals surface area contributed by atoms with Crippen LogP contribution in [-0.4, -0.2) is 102 Å². The molecule has 5 aromatic rings. The van der Waals surface area contributed by atoms with Crippen molar-refractivity contribution in [2.24, 2.45) is 0 Å². The molecule has 0 spiro atoms. The van der Waals surface area contributed by atoms with Crippen LogP contribution in [0.2, 0.25) is 0 Å². The molecule has 2 amide bonds. The second-order valence-corrected chi connectivity index (χ2v) is 16.8. The van der Waals surface area contributed by atoms with E-state index in [2.05, 4.69) is 30.2 Å². The Labute approximate surface area is 335 Å². The highest BCUT2D eigenvalue weighted by atomic mass is 32.2. The van der Waals surface area contributed by atoms with E-state index in [1.165, 1.54) is 21.8 Å². The molecule has 1 aliphatic heterocycles. The Kier molecular flexibility index (Phi) is 12.6. The summed E-state index contributed by atoms with van der Waals surface area (Å²) in [5.41, 5.74) is 3.14. The molecule has 0 radical (unpaired) electrons. The van der Waals surface area contributed by atoms with Crippen LogP contribution in [0.4, 0.5) is 10.5 Å². The van der Waals surface area contributed by atoms with E-state index >= 15 is 0 Å². The number of pyridine rings is 1. The fraction of sp³-hybridized carbons (Fsp3) is 0.350. The maximum absolute atomic E-state index is 13.9. The predicted octanol–water partition coefficient (Wildman–Crippen LogP) is 5.33. The van der Waals surface area contributed by atoms with Crippen molar-refractivity contribution in [3.8, 4) is 22.2 Å². The van der Waals surface area contributed by atoms with E-state index in [1.54, 1.807) is 54.9 Å². The fourth-order valence-corrected chi connectivity index (χ4v) is 8.95. The van der Waals surface area contributed by atoms with Gasteiger partial charge in [0.25, 0.3) is 5.91 Å². The Balaban J connectivity index is 1.12. The first-order chi connectivity index (χ1) is 27.7. The molecule has 1 saturated heterocycles. The summed E-state index contributed by atoms with van der Waals surface area (Å²) in [4.78, 5) is 49.1. The minimum Gasteiger partial charge on any atom is -0.497 e. The van der Waals surface area contributed by atoms with Crippen molar-refractivity contribution in [3.63, 3.8) is 0 Å². The smallest absolute Gasteiger partial charge is 0.410 e. The first kappa shape index (κ1) is 39.6. The van der Waals surface area contributed by atoms with Gasteiger partial charge in [0, 0.05) is 45.1 Å². The lowest BCUT2D eigenvalue weighted by Crippen LogP contribution is -2.51. The minimum absolute atomic E-state index is 0.112. The van der Waals surface area contributed by atoms with Crippen molar-refractivity contribution >= 4 is 39.0 Å². The average molecular weight is 813 g/mol. The number of carbonyl (C=O) groups excluding carboxylic acids is 2. The van der Waals surface area contributed by atoms with Crippen LogP contribution in [0.25, 0.3) is 10.6 Å². The Hall–Kier alpha value is -5.65. The summed E-state index contributed by atoms with van der Waals surface area (Å²) in [6.45, 7) is 4.81. The molecule has 3 aromatic heterocycles. The lowest BCUT2D eigenvalue weighted by molar-refractivity contribution is 0.0684. The molecule has 2 aromatic carbocycles. The van der Waals surface area contributed by atoms with Gasteiger partial charge in [-0.3, -0.25) is 24.0 Å². The lowest BCUT2D eigenvalue weighted by atomic mass is 10.1. The number of nitrogens with one attached hydrogen (secondary N) is 1. The summed E-state index contributed by atoms with van der Waals surface area (Å²) in [5.74, 6) is 0.611. The largest absolute Gasteiger partial charge is 0.497 e. The minimum atomic E-state index is -3.70. The van der Waals surface area contributed by atoms with Gasteiger partial charge < -0.3 is 24.4 Å². The third kappa shape index (κ3) is 10.0. The van der Waals surface area contributed by atoms with E-state index in [-0.39, 0.29) is 24.3 Å². The summed E-state index contributed by atoms with van der Waals surface area (Å²) in [6, 6.07) is 19.5. The van der Waals surface area contributed by atoms with Crippen LogP contribution in [0.5, 0.6) is 11.6 Å². The monoisotopic (exact) mass is 812 g/mol. The van der Waals surface area contributed by atoms with Crippen LogP contribution in [0.15, 0.2) is 91.5 Å². The molecule has 2 aliphatic rings. The van der Waals surface area contributed by atoms with Gasteiger partial charge in [-0.15, -0.1) is 11.3 Å². The number of hydrogen-bond acceptors (Lipinski definition) is 13.